The monoisotopic (exact) mass is 808 g/mol. The molecule has 0 radical (unpaired) electrons. The molecule has 0 unspecified atom stereocenters. The Kier molecular flexibility index (Phi) is 9.66. The number of halogens is 10. The number of benzene rings is 5. The molecule has 0 N–H and O–H groups in total. The minimum Gasteiger partial charge on any atom is -0.207 e. The van der Waals surface area contributed by atoms with E-state index in [-0.39, 0.29) is 12.8 Å². The van der Waals surface area contributed by atoms with Crippen molar-refractivity contribution in [3.05, 3.63) is 174 Å². The topological polar surface area (TPSA) is 0 Å². The van der Waals surface area contributed by atoms with E-state index in [4.69, 9.17) is 0 Å². The molecule has 1 spiro atoms. The van der Waals surface area contributed by atoms with Crippen LogP contribution in [-0.4, -0.2) is 11.3 Å². The van der Waals surface area contributed by atoms with Crippen LogP contribution in [0.2, 0.25) is 12.6 Å². The van der Waals surface area contributed by atoms with Crippen LogP contribution < -0.4 is 26.8 Å². The van der Waals surface area contributed by atoms with Crippen LogP contribution in [0.4, 0.5) is 43.9 Å². The highest BCUT2D eigenvalue weighted by molar-refractivity contribution is 7.97. The first kappa shape index (κ1) is 39.2. The van der Waals surface area contributed by atoms with Gasteiger partial charge in [0.05, 0.1) is 11.3 Å². The molecule has 1 aliphatic heterocycles. The summed E-state index contributed by atoms with van der Waals surface area (Å²) in [6.45, 7) is 8.68. The molecular weight excluding hydrogens is 772 g/mol. The Morgan fingerprint density at radius 3 is 1.32 bits per heavy atom. The van der Waals surface area contributed by atoms with Crippen molar-refractivity contribution in [3.8, 4) is 0 Å². The molecule has 1 saturated heterocycles. The van der Waals surface area contributed by atoms with Crippen LogP contribution in [0.3, 0.4) is 0 Å². The van der Waals surface area contributed by atoms with Crippen molar-refractivity contribution in [2.24, 2.45) is 17.3 Å². The Morgan fingerprint density at radius 2 is 0.930 bits per heavy atom. The van der Waals surface area contributed by atoms with Crippen LogP contribution in [0, 0.1) is 75.4 Å². The maximum atomic E-state index is 16.9. The number of rotatable bonds is 7. The second kappa shape index (κ2) is 14.0. The molecule has 0 amide bonds. The highest BCUT2D eigenvalue weighted by Gasteiger charge is 2.72. The molecule has 0 nitrogen and oxygen atoms in total. The van der Waals surface area contributed by atoms with Crippen molar-refractivity contribution in [2.45, 2.75) is 49.9 Å². The van der Waals surface area contributed by atoms with Gasteiger partial charge in [0.1, 0.15) is 46.4 Å². The molecule has 5 aromatic carbocycles. The second-order valence-electron chi connectivity index (χ2n) is 16.1. The molecule has 8 rings (SSSR count). The number of hydrogen-bond acceptors (Lipinski definition) is 0. The predicted molar refractivity (Wildman–Crippen MR) is 207 cm³/mol. The molecule has 12 heteroatoms. The molecule has 5 aromatic rings. The van der Waals surface area contributed by atoms with E-state index < -0.39 is 118 Å². The van der Waals surface area contributed by atoms with Crippen molar-refractivity contribution in [1.29, 1.82) is 0 Å². The van der Waals surface area contributed by atoms with E-state index in [0.717, 1.165) is 21.5 Å². The molecule has 3 fully saturated rings. The zero-order valence-electron chi connectivity index (χ0n) is 30.6. The van der Waals surface area contributed by atoms with Crippen molar-refractivity contribution >= 4 is 40.2 Å². The average molecular weight is 809 g/mol. The molecule has 294 valence electrons. The van der Waals surface area contributed by atoms with Gasteiger partial charge in [-0.1, -0.05) is 79.2 Å². The Bertz CT molecular complexity index is 2200. The van der Waals surface area contributed by atoms with Crippen LogP contribution in [0.1, 0.15) is 32.1 Å². The third-order valence-electron chi connectivity index (χ3n) is 13.6. The summed E-state index contributed by atoms with van der Waals surface area (Å²) in [6.07, 6.45) is -2.19. The van der Waals surface area contributed by atoms with Gasteiger partial charge in [-0.15, -0.1) is 23.8 Å². The summed E-state index contributed by atoms with van der Waals surface area (Å²) in [4.78, 5) is 0. The van der Waals surface area contributed by atoms with Gasteiger partial charge < -0.3 is 0 Å². The Balaban J connectivity index is 1.65. The van der Waals surface area contributed by atoms with Crippen LogP contribution >= 0.6 is 7.26 Å². The number of allylic oxidation sites excluding steroid dienone is 2. The lowest BCUT2D eigenvalue weighted by atomic mass is 9.09. The molecule has 1 heterocycles. The second-order valence-corrected chi connectivity index (χ2v) is 19.9. The lowest BCUT2D eigenvalue weighted by molar-refractivity contribution is 0.0363. The molecule has 57 heavy (non-hydrogen) atoms. The first-order valence-electron chi connectivity index (χ1n) is 18.8. The van der Waals surface area contributed by atoms with Crippen LogP contribution in [0.15, 0.2) is 116 Å². The summed E-state index contributed by atoms with van der Waals surface area (Å²) < 4.78 is 160. The zero-order valence-corrected chi connectivity index (χ0v) is 31.5. The lowest BCUT2D eigenvalue weighted by Crippen LogP contribution is -2.75. The molecule has 0 aromatic heterocycles. The largest absolute Gasteiger partial charge is 0.207 e. The van der Waals surface area contributed by atoms with Crippen LogP contribution in [-0.2, 0) is 0 Å². The summed E-state index contributed by atoms with van der Waals surface area (Å²) in [7, 11) is -3.43. The average Bonchev–Trinajstić information content (AvgIpc) is 3.22. The van der Waals surface area contributed by atoms with Crippen molar-refractivity contribution in [1.82, 2.24) is 0 Å². The maximum absolute atomic E-state index is 16.9. The molecule has 2 bridgehead atoms. The Hall–Kier alpha value is -4.63. The van der Waals surface area contributed by atoms with E-state index in [1.165, 1.54) is 0 Å². The van der Waals surface area contributed by atoms with Gasteiger partial charge in [0.2, 0.25) is 0 Å². The third-order valence-corrected chi connectivity index (χ3v) is 18.8. The maximum Gasteiger partial charge on any atom is 0.200 e. The third kappa shape index (κ3) is 5.32. The van der Waals surface area contributed by atoms with E-state index in [9.17, 15) is 8.78 Å². The Labute approximate surface area is 324 Å². The molecule has 2 aliphatic carbocycles. The minimum atomic E-state index is -4.15. The van der Waals surface area contributed by atoms with E-state index in [1.807, 2.05) is 36.4 Å². The summed E-state index contributed by atoms with van der Waals surface area (Å²) in [6, 6.07) is 27.4. The number of fused-ring (bicyclic) bond motifs is 1. The standard InChI is InChI=1S/C45H36BF10P/c1-3-27-14-13-21-31-26(2)22-44(57(28-15-7-4-8-16-28,29-17-9-5-10-18-29)30-19-11-6-12-20-30)23-45(27,31)25-46(24-44,32-34(47)38(51)42(55)39(52)35(32)48)33-36(49)40(53)43(56)41(54)37(33)50/h3-12,15-20,27,31H,1-2,13-14,21-25H2/t27-,31+,44+,45+/m1/s1. The summed E-state index contributed by atoms with van der Waals surface area (Å²) in [5.41, 5.74) is -3.74. The molecular formula is C45H36BF10P. The normalized spacial score (nSPS) is 24.2. The minimum absolute atomic E-state index is 0.0457. The van der Waals surface area contributed by atoms with Gasteiger partial charge in [-0.3, -0.25) is 0 Å². The van der Waals surface area contributed by atoms with Gasteiger partial charge >= 0.3 is 0 Å². The smallest absolute Gasteiger partial charge is 0.200 e. The van der Waals surface area contributed by atoms with Gasteiger partial charge in [0, 0.05) is 6.42 Å². The predicted octanol–water partition coefficient (Wildman–Crippen LogP) is 10.3. The Morgan fingerprint density at radius 1 is 0.544 bits per heavy atom. The van der Waals surface area contributed by atoms with Gasteiger partial charge in [-0.2, -0.15) is 6.32 Å². The van der Waals surface area contributed by atoms with Crippen LogP contribution in [0.5, 0.6) is 0 Å². The van der Waals surface area contributed by atoms with Crippen LogP contribution in [0.25, 0.3) is 0 Å². The fourth-order valence-electron chi connectivity index (χ4n) is 12.1. The van der Waals surface area contributed by atoms with Crippen molar-refractivity contribution in [3.63, 3.8) is 0 Å². The lowest BCUT2D eigenvalue weighted by Gasteiger charge is -2.70. The van der Waals surface area contributed by atoms with Gasteiger partial charge in [0.25, 0.3) is 0 Å². The SMILES string of the molecule is C=C[C@@H]1CCC[C@H]2C(=C)C[C@@]3([P+](c4ccccc4)(c4ccccc4)c4ccccc4)C[B-](c4c(F)c(F)c(F)c(F)c4F)(c4c(F)c(F)c(F)c(F)c4F)C[C@@]12C3. The first-order chi connectivity index (χ1) is 27.2. The number of hydrogen-bond donors (Lipinski definition) is 0. The molecule has 4 atom stereocenters. The molecule has 3 aliphatic rings. The van der Waals surface area contributed by atoms with Crippen molar-refractivity contribution < 1.29 is 43.9 Å². The highest BCUT2D eigenvalue weighted by Crippen LogP contribution is 2.79. The van der Waals surface area contributed by atoms with E-state index in [0.29, 0.717) is 19.3 Å². The van der Waals surface area contributed by atoms with E-state index >= 15 is 35.1 Å². The summed E-state index contributed by atoms with van der Waals surface area (Å²) in [5, 5.41) is 0.714. The highest BCUT2D eigenvalue weighted by atomic mass is 31.2. The zero-order chi connectivity index (χ0) is 40.7. The van der Waals surface area contributed by atoms with E-state index in [2.05, 4.69) is 13.2 Å². The molecule has 2 saturated carbocycles. The fraction of sp³-hybridized carbons (Fsp3) is 0.244. The summed E-state index contributed by atoms with van der Waals surface area (Å²) >= 11 is 0. The fourth-order valence-corrected chi connectivity index (χ4v) is 18.0. The van der Waals surface area contributed by atoms with Crippen molar-refractivity contribution in [2.75, 3.05) is 0 Å². The van der Waals surface area contributed by atoms with Gasteiger partial charge in [-0.25, -0.2) is 43.9 Å². The summed E-state index contributed by atoms with van der Waals surface area (Å²) in [5.74, 6) is -25.3. The van der Waals surface area contributed by atoms with Gasteiger partial charge in [0.15, 0.2) is 34.9 Å². The van der Waals surface area contributed by atoms with Gasteiger partial charge in [-0.05, 0) is 72.9 Å². The van der Waals surface area contributed by atoms with E-state index in [1.54, 1.807) is 60.7 Å². The quantitative estimate of drug-likeness (QED) is 0.0384. The first-order valence-corrected chi connectivity index (χ1v) is 20.6.